The summed E-state index contributed by atoms with van der Waals surface area (Å²) in [7, 11) is 0. The molecule has 0 aliphatic carbocycles. The Morgan fingerprint density at radius 3 is 1.87 bits per heavy atom. The predicted octanol–water partition coefficient (Wildman–Crippen LogP) is 7.78. The molecule has 0 aliphatic heterocycles. The normalized spacial score (nSPS) is 13.4. The van der Waals surface area contributed by atoms with Gasteiger partial charge in [-0.2, -0.15) is 0 Å². The van der Waals surface area contributed by atoms with Gasteiger partial charge in [0, 0.05) is 12.8 Å². The summed E-state index contributed by atoms with van der Waals surface area (Å²) in [5.41, 5.74) is 0. The van der Waals surface area contributed by atoms with E-state index in [1.165, 1.54) is 70.6 Å². The summed E-state index contributed by atoms with van der Waals surface area (Å²) < 4.78 is 0. The monoisotopic (exact) mass is 318 g/mol. The third-order valence-electron chi connectivity index (χ3n) is 5.06. The Morgan fingerprint density at radius 1 is 0.652 bits per heavy atom. The van der Waals surface area contributed by atoms with E-state index >= 15 is 0 Å². The van der Waals surface area contributed by atoms with E-state index in [1.54, 1.807) is 0 Å². The topological polar surface area (TPSA) is 0 Å². The minimum atomic E-state index is 0.772. The van der Waals surface area contributed by atoms with Gasteiger partial charge in [0.25, 0.3) is 0 Å². The molecule has 0 aromatic carbocycles. The molecule has 0 amide bonds. The minimum absolute atomic E-state index is 0.772. The third-order valence-corrected chi connectivity index (χ3v) is 5.06. The fourth-order valence-corrected chi connectivity index (χ4v) is 3.21. The second-order valence-electron chi connectivity index (χ2n) is 7.05. The quantitative estimate of drug-likeness (QED) is 0.213. The van der Waals surface area contributed by atoms with Crippen LogP contribution in [0.3, 0.4) is 0 Å². The Kier molecular flexibility index (Phi) is 17.6. The molecular weight excluding hydrogens is 276 g/mol. The van der Waals surface area contributed by atoms with Crippen LogP contribution in [-0.4, -0.2) is 0 Å². The average Bonchev–Trinajstić information content (AvgIpc) is 2.57. The molecule has 0 saturated carbocycles. The first kappa shape index (κ1) is 22.6. The van der Waals surface area contributed by atoms with Crippen molar-refractivity contribution in [3.63, 3.8) is 0 Å². The van der Waals surface area contributed by atoms with E-state index in [1.807, 2.05) is 0 Å². The summed E-state index contributed by atoms with van der Waals surface area (Å²) in [6.07, 6.45) is 19.2. The fraction of sp³-hybridized carbons (Fsp3) is 0.826. The maximum atomic E-state index is 3.95. The molecule has 0 N–H and O–H groups in total. The van der Waals surface area contributed by atoms with Gasteiger partial charge in [0.1, 0.15) is 0 Å². The lowest BCUT2D eigenvalue weighted by Crippen LogP contribution is -1.99. The SMILES string of the molecule is [CH2]CCCCCC(CC)CCCCCC#CCC(CC)CC[CH2]. The molecular formula is C23H42. The maximum Gasteiger partial charge on any atom is 0.0117 e. The van der Waals surface area contributed by atoms with Gasteiger partial charge in [-0.15, -0.1) is 11.8 Å². The van der Waals surface area contributed by atoms with Crippen molar-refractivity contribution in [2.75, 3.05) is 0 Å². The minimum Gasteiger partial charge on any atom is -0.103 e. The van der Waals surface area contributed by atoms with Crippen LogP contribution in [0.2, 0.25) is 0 Å². The summed E-state index contributed by atoms with van der Waals surface area (Å²) in [6.45, 7) is 12.5. The summed E-state index contributed by atoms with van der Waals surface area (Å²) >= 11 is 0. The first-order chi connectivity index (χ1) is 11.3. The van der Waals surface area contributed by atoms with Gasteiger partial charge in [-0.3, -0.25) is 0 Å². The molecule has 23 heavy (non-hydrogen) atoms. The smallest absolute Gasteiger partial charge is 0.0117 e. The van der Waals surface area contributed by atoms with Crippen molar-refractivity contribution in [1.29, 1.82) is 0 Å². The number of rotatable bonds is 15. The van der Waals surface area contributed by atoms with Gasteiger partial charge < -0.3 is 0 Å². The van der Waals surface area contributed by atoms with E-state index in [2.05, 4.69) is 39.5 Å². The molecule has 0 aliphatic rings. The van der Waals surface area contributed by atoms with Gasteiger partial charge in [-0.1, -0.05) is 98.3 Å². The molecule has 0 rings (SSSR count). The highest BCUT2D eigenvalue weighted by Gasteiger charge is 2.05. The summed E-state index contributed by atoms with van der Waals surface area (Å²) in [5.74, 6) is 8.50. The van der Waals surface area contributed by atoms with Crippen molar-refractivity contribution >= 4 is 0 Å². The highest BCUT2D eigenvalue weighted by molar-refractivity contribution is 4.99. The lowest BCUT2D eigenvalue weighted by atomic mass is 9.92. The Morgan fingerprint density at radius 2 is 1.30 bits per heavy atom. The molecule has 134 valence electrons. The first-order valence-electron chi connectivity index (χ1n) is 10.3. The first-order valence-corrected chi connectivity index (χ1v) is 10.3. The van der Waals surface area contributed by atoms with Crippen molar-refractivity contribution in [3.05, 3.63) is 13.8 Å². The van der Waals surface area contributed by atoms with Crippen LogP contribution in [0.1, 0.15) is 110 Å². The standard InChI is InChI=1S/C23H42/c1-5-9-10-15-20-23(8-4)21-17-14-12-11-13-16-19-22(7-3)18-6-2/h22-23H,1-2,5-12,14-15,17-21H2,3-4H3. The van der Waals surface area contributed by atoms with Gasteiger partial charge in [0.2, 0.25) is 0 Å². The predicted molar refractivity (Wildman–Crippen MR) is 106 cm³/mol. The van der Waals surface area contributed by atoms with Gasteiger partial charge in [0.05, 0.1) is 0 Å². The van der Waals surface area contributed by atoms with Crippen molar-refractivity contribution < 1.29 is 0 Å². The third kappa shape index (κ3) is 14.9. The lowest BCUT2D eigenvalue weighted by molar-refractivity contribution is 0.397. The zero-order valence-electron chi connectivity index (χ0n) is 16.2. The summed E-state index contributed by atoms with van der Waals surface area (Å²) in [5, 5.41) is 0. The van der Waals surface area contributed by atoms with Crippen LogP contribution < -0.4 is 0 Å². The zero-order valence-corrected chi connectivity index (χ0v) is 16.2. The molecule has 0 heterocycles. The van der Waals surface area contributed by atoms with E-state index < -0.39 is 0 Å². The maximum absolute atomic E-state index is 3.95. The van der Waals surface area contributed by atoms with Crippen molar-refractivity contribution in [1.82, 2.24) is 0 Å². The van der Waals surface area contributed by atoms with E-state index in [0.717, 1.165) is 37.5 Å². The summed E-state index contributed by atoms with van der Waals surface area (Å²) in [6, 6.07) is 0. The fourth-order valence-electron chi connectivity index (χ4n) is 3.21. The van der Waals surface area contributed by atoms with Crippen LogP contribution in [0.4, 0.5) is 0 Å². The number of hydrogen-bond donors (Lipinski definition) is 0. The van der Waals surface area contributed by atoms with Crippen molar-refractivity contribution in [3.8, 4) is 11.8 Å². The van der Waals surface area contributed by atoms with Gasteiger partial charge in [0.15, 0.2) is 0 Å². The van der Waals surface area contributed by atoms with E-state index in [-0.39, 0.29) is 0 Å². The molecule has 0 fully saturated rings. The Hall–Kier alpha value is -0.440. The largest absolute Gasteiger partial charge is 0.103 e. The van der Waals surface area contributed by atoms with Crippen LogP contribution in [0.25, 0.3) is 0 Å². The van der Waals surface area contributed by atoms with Crippen molar-refractivity contribution in [2.24, 2.45) is 11.8 Å². The highest BCUT2D eigenvalue weighted by atomic mass is 14.1. The zero-order chi connectivity index (χ0) is 17.2. The molecule has 0 heteroatoms. The van der Waals surface area contributed by atoms with Crippen LogP contribution in [0.5, 0.6) is 0 Å². The Bertz CT molecular complexity index is 280. The van der Waals surface area contributed by atoms with Gasteiger partial charge in [-0.25, -0.2) is 0 Å². The second kappa shape index (κ2) is 17.9. The molecule has 0 aromatic heterocycles. The average molecular weight is 319 g/mol. The molecule has 0 nitrogen and oxygen atoms in total. The molecule has 2 atom stereocenters. The van der Waals surface area contributed by atoms with Crippen LogP contribution in [0.15, 0.2) is 0 Å². The molecule has 0 aromatic rings. The van der Waals surface area contributed by atoms with Gasteiger partial charge in [-0.05, 0) is 24.7 Å². The van der Waals surface area contributed by atoms with E-state index in [0.29, 0.717) is 0 Å². The molecule has 2 radical (unpaired) electrons. The van der Waals surface area contributed by atoms with E-state index in [9.17, 15) is 0 Å². The van der Waals surface area contributed by atoms with Crippen LogP contribution in [0, 0.1) is 37.5 Å². The molecule has 2 unspecified atom stereocenters. The lowest BCUT2D eigenvalue weighted by Gasteiger charge is -2.14. The van der Waals surface area contributed by atoms with Crippen molar-refractivity contribution in [2.45, 2.75) is 110 Å². The molecule has 0 saturated heterocycles. The molecule has 0 bridgehead atoms. The van der Waals surface area contributed by atoms with Gasteiger partial charge >= 0.3 is 0 Å². The number of hydrogen-bond acceptors (Lipinski definition) is 0. The van der Waals surface area contributed by atoms with Crippen LogP contribution in [-0.2, 0) is 0 Å². The Balaban J connectivity index is 3.56. The Labute approximate surface area is 148 Å². The molecule has 0 spiro atoms. The highest BCUT2D eigenvalue weighted by Crippen LogP contribution is 2.21. The number of unbranched alkanes of at least 4 members (excludes halogenated alkanes) is 6. The summed E-state index contributed by atoms with van der Waals surface area (Å²) in [4.78, 5) is 0. The van der Waals surface area contributed by atoms with Crippen LogP contribution >= 0.6 is 0 Å². The second-order valence-corrected chi connectivity index (χ2v) is 7.05. The van der Waals surface area contributed by atoms with E-state index in [4.69, 9.17) is 0 Å².